The molecule has 6 nitrogen and oxygen atoms in total. The molecule has 4 rings (SSSR count). The Labute approximate surface area is 153 Å². The van der Waals surface area contributed by atoms with Gasteiger partial charge in [0.05, 0.1) is 11.3 Å². The van der Waals surface area contributed by atoms with Gasteiger partial charge in [-0.25, -0.2) is 14.4 Å². The van der Waals surface area contributed by atoms with E-state index in [1.807, 2.05) is 35.9 Å². The van der Waals surface area contributed by atoms with Crippen molar-refractivity contribution in [3.05, 3.63) is 60.2 Å². The molecule has 130 valence electrons. The van der Waals surface area contributed by atoms with Crippen LogP contribution in [-0.4, -0.2) is 24.7 Å². The Morgan fingerprint density at radius 3 is 2.62 bits per heavy atom. The van der Waals surface area contributed by atoms with Crippen molar-refractivity contribution < 1.29 is 4.39 Å². The number of nitrogen functional groups attached to an aromatic ring is 1. The van der Waals surface area contributed by atoms with Crippen LogP contribution in [0, 0.1) is 5.82 Å². The molecule has 0 radical (unpaired) electrons. The van der Waals surface area contributed by atoms with Crippen molar-refractivity contribution in [2.24, 2.45) is 7.05 Å². The molecule has 0 fully saturated rings. The number of benzene rings is 2. The maximum Gasteiger partial charge on any atom is 0.191 e. The molecule has 8 heteroatoms. The van der Waals surface area contributed by atoms with Crippen molar-refractivity contribution in [3.8, 4) is 11.4 Å². The fraction of sp³-hybridized carbons (Fsp3) is 0.111. The predicted octanol–water partition coefficient (Wildman–Crippen LogP) is 3.44. The van der Waals surface area contributed by atoms with Gasteiger partial charge in [0.2, 0.25) is 0 Å². The minimum Gasteiger partial charge on any atom is -0.383 e. The van der Waals surface area contributed by atoms with Crippen molar-refractivity contribution in [1.82, 2.24) is 24.7 Å². The summed E-state index contributed by atoms with van der Waals surface area (Å²) in [6, 6.07) is 13.8. The molecule has 0 spiro atoms. The predicted molar refractivity (Wildman–Crippen MR) is 99.9 cm³/mol. The second kappa shape index (κ2) is 6.72. The Bertz CT molecular complexity index is 1080. The van der Waals surface area contributed by atoms with Gasteiger partial charge in [-0.15, -0.1) is 10.2 Å². The molecule has 0 aliphatic carbocycles. The fourth-order valence-corrected chi connectivity index (χ4v) is 3.40. The summed E-state index contributed by atoms with van der Waals surface area (Å²) in [5.41, 5.74) is 7.65. The maximum atomic E-state index is 13.1. The summed E-state index contributed by atoms with van der Waals surface area (Å²) in [7, 11) is 1.87. The average Bonchev–Trinajstić information content (AvgIpc) is 3.01. The lowest BCUT2D eigenvalue weighted by atomic mass is 10.2. The van der Waals surface area contributed by atoms with Gasteiger partial charge in [0.15, 0.2) is 11.0 Å². The third-order valence-electron chi connectivity index (χ3n) is 3.95. The number of halogens is 1. The Morgan fingerprint density at radius 2 is 1.81 bits per heavy atom. The molecular weight excluding hydrogens is 351 g/mol. The number of nitrogens with zero attached hydrogens (tertiary/aromatic N) is 5. The van der Waals surface area contributed by atoms with E-state index in [4.69, 9.17) is 5.73 Å². The second-order valence-electron chi connectivity index (χ2n) is 5.70. The monoisotopic (exact) mass is 366 g/mol. The molecule has 26 heavy (non-hydrogen) atoms. The Hall–Kier alpha value is -3.00. The van der Waals surface area contributed by atoms with E-state index in [2.05, 4.69) is 20.2 Å². The zero-order chi connectivity index (χ0) is 18.1. The summed E-state index contributed by atoms with van der Waals surface area (Å²) in [6.45, 7) is 0. The molecule has 2 aromatic carbocycles. The molecule has 0 bridgehead atoms. The number of hydrogen-bond acceptors (Lipinski definition) is 6. The highest BCUT2D eigenvalue weighted by Crippen LogP contribution is 2.26. The number of nitrogens with two attached hydrogens (primary N) is 1. The van der Waals surface area contributed by atoms with E-state index >= 15 is 0 Å². The molecule has 0 unspecified atom stereocenters. The van der Waals surface area contributed by atoms with Crippen LogP contribution in [0.2, 0.25) is 0 Å². The third kappa shape index (κ3) is 3.11. The van der Waals surface area contributed by atoms with Crippen LogP contribution < -0.4 is 5.73 Å². The quantitative estimate of drug-likeness (QED) is 0.557. The van der Waals surface area contributed by atoms with Crippen LogP contribution >= 0.6 is 11.8 Å². The number of thioether (sulfide) groups is 1. The molecule has 0 saturated carbocycles. The second-order valence-corrected chi connectivity index (χ2v) is 6.65. The van der Waals surface area contributed by atoms with E-state index in [0.29, 0.717) is 23.2 Å². The number of fused-ring (bicyclic) bond motifs is 1. The number of para-hydroxylation sites is 1. The van der Waals surface area contributed by atoms with Crippen LogP contribution in [0.1, 0.15) is 5.82 Å². The summed E-state index contributed by atoms with van der Waals surface area (Å²) in [5, 5.41) is 9.98. The highest BCUT2D eigenvalue weighted by molar-refractivity contribution is 7.98. The number of anilines is 1. The van der Waals surface area contributed by atoms with E-state index in [9.17, 15) is 4.39 Å². The summed E-state index contributed by atoms with van der Waals surface area (Å²) < 4.78 is 15.0. The molecule has 0 amide bonds. The van der Waals surface area contributed by atoms with Gasteiger partial charge in [0.1, 0.15) is 17.5 Å². The smallest absolute Gasteiger partial charge is 0.191 e. The first-order chi connectivity index (χ1) is 12.6. The zero-order valence-electron chi connectivity index (χ0n) is 13.9. The molecule has 0 saturated heterocycles. The fourth-order valence-electron chi connectivity index (χ4n) is 2.64. The van der Waals surface area contributed by atoms with E-state index < -0.39 is 0 Å². The van der Waals surface area contributed by atoms with E-state index in [0.717, 1.165) is 21.6 Å². The Kier molecular flexibility index (Phi) is 4.26. The molecular formula is C18H15FN6S. The van der Waals surface area contributed by atoms with Gasteiger partial charge >= 0.3 is 0 Å². The molecule has 0 atom stereocenters. The summed E-state index contributed by atoms with van der Waals surface area (Å²) in [5.74, 6) is 2.02. The molecule has 4 aromatic rings. The van der Waals surface area contributed by atoms with Crippen LogP contribution in [0.5, 0.6) is 0 Å². The van der Waals surface area contributed by atoms with E-state index in [-0.39, 0.29) is 5.82 Å². The largest absolute Gasteiger partial charge is 0.383 e. The third-order valence-corrected chi connectivity index (χ3v) is 4.96. The first-order valence-corrected chi connectivity index (χ1v) is 8.89. The lowest BCUT2D eigenvalue weighted by Gasteiger charge is -2.06. The first-order valence-electron chi connectivity index (χ1n) is 7.91. The van der Waals surface area contributed by atoms with Crippen LogP contribution in [0.3, 0.4) is 0 Å². The van der Waals surface area contributed by atoms with Gasteiger partial charge in [-0.1, -0.05) is 23.9 Å². The summed E-state index contributed by atoms with van der Waals surface area (Å²) in [4.78, 5) is 8.91. The van der Waals surface area contributed by atoms with Crippen molar-refractivity contribution >= 4 is 28.5 Å². The summed E-state index contributed by atoms with van der Waals surface area (Å²) >= 11 is 1.47. The van der Waals surface area contributed by atoms with Crippen LogP contribution in [0.15, 0.2) is 53.7 Å². The van der Waals surface area contributed by atoms with Gasteiger partial charge < -0.3 is 10.3 Å². The SMILES string of the molecule is Cn1c(SCc2nc(N)c3ccccc3n2)nnc1-c1ccc(F)cc1. The molecule has 2 heterocycles. The van der Waals surface area contributed by atoms with Gasteiger partial charge in [-0.05, 0) is 36.4 Å². The first kappa shape index (κ1) is 16.5. The van der Waals surface area contributed by atoms with Crippen molar-refractivity contribution in [3.63, 3.8) is 0 Å². The van der Waals surface area contributed by atoms with Gasteiger partial charge in [-0.2, -0.15) is 0 Å². The van der Waals surface area contributed by atoms with Crippen molar-refractivity contribution in [1.29, 1.82) is 0 Å². The number of hydrogen-bond donors (Lipinski definition) is 1. The van der Waals surface area contributed by atoms with Crippen molar-refractivity contribution in [2.75, 3.05) is 5.73 Å². The average molecular weight is 366 g/mol. The molecule has 2 N–H and O–H groups in total. The van der Waals surface area contributed by atoms with Crippen LogP contribution in [-0.2, 0) is 12.8 Å². The number of rotatable bonds is 4. The summed E-state index contributed by atoms with van der Waals surface area (Å²) in [6.07, 6.45) is 0. The molecule has 0 aliphatic rings. The lowest BCUT2D eigenvalue weighted by Crippen LogP contribution is -2.01. The minimum atomic E-state index is -0.281. The highest BCUT2D eigenvalue weighted by atomic mass is 32.2. The normalized spacial score (nSPS) is 11.2. The van der Waals surface area contributed by atoms with Gasteiger partial charge in [0, 0.05) is 18.0 Å². The van der Waals surface area contributed by atoms with Gasteiger partial charge in [-0.3, -0.25) is 0 Å². The Balaban J connectivity index is 1.56. The minimum absolute atomic E-state index is 0.281. The lowest BCUT2D eigenvalue weighted by molar-refractivity contribution is 0.628. The molecule has 2 aromatic heterocycles. The van der Waals surface area contributed by atoms with Crippen LogP contribution in [0.25, 0.3) is 22.3 Å². The van der Waals surface area contributed by atoms with Gasteiger partial charge in [0.25, 0.3) is 0 Å². The van der Waals surface area contributed by atoms with Crippen molar-refractivity contribution in [2.45, 2.75) is 10.9 Å². The Morgan fingerprint density at radius 1 is 1.04 bits per heavy atom. The highest BCUT2D eigenvalue weighted by Gasteiger charge is 2.13. The zero-order valence-corrected chi connectivity index (χ0v) is 14.7. The number of aromatic nitrogens is 5. The standard InChI is InChI=1S/C18H15FN6S/c1-25-17(11-6-8-12(19)9-7-11)23-24-18(25)26-10-15-21-14-5-3-2-4-13(14)16(20)22-15/h2-9H,10H2,1H3,(H2,20,21,22). The van der Waals surface area contributed by atoms with Crippen LogP contribution in [0.4, 0.5) is 10.2 Å². The maximum absolute atomic E-state index is 13.1. The van der Waals surface area contributed by atoms with E-state index in [1.54, 1.807) is 12.1 Å². The topological polar surface area (TPSA) is 82.5 Å². The molecule has 0 aliphatic heterocycles. The van der Waals surface area contributed by atoms with E-state index in [1.165, 1.54) is 23.9 Å².